The van der Waals surface area contributed by atoms with Crippen molar-refractivity contribution in [3.8, 4) is 0 Å². The van der Waals surface area contributed by atoms with E-state index >= 15 is 0 Å². The molecule has 1 heterocycles. The molecule has 4 fully saturated rings. The normalized spacial score (nSPS) is 33.6. The number of hydrogen-bond donors (Lipinski definition) is 2. The number of nitrogens with one attached hydrogen (secondary N) is 2. The summed E-state index contributed by atoms with van der Waals surface area (Å²) in [5, 5.41) is 8.69. The molecule has 6 atom stereocenters. The van der Waals surface area contributed by atoms with Crippen LogP contribution in [-0.4, -0.2) is 23.1 Å². The molecule has 1 aromatic heterocycles. The highest BCUT2D eigenvalue weighted by Crippen LogP contribution is 2.45. The molecule has 4 aliphatic rings. The third-order valence-corrected chi connectivity index (χ3v) is 10.1. The van der Waals surface area contributed by atoms with Crippen LogP contribution in [0, 0.1) is 35.5 Å². The highest BCUT2D eigenvalue weighted by molar-refractivity contribution is 5.90. The predicted octanol–water partition coefficient (Wildman–Crippen LogP) is 7.67. The first-order chi connectivity index (χ1) is 16.8. The molecule has 4 aliphatic carbocycles. The van der Waals surface area contributed by atoms with Crippen LogP contribution in [0.3, 0.4) is 0 Å². The van der Waals surface area contributed by atoms with E-state index in [-0.39, 0.29) is 0 Å². The van der Waals surface area contributed by atoms with Gasteiger partial charge in [0.15, 0.2) is 0 Å². The molecule has 2 aromatic rings. The van der Waals surface area contributed by atoms with Crippen LogP contribution in [0.1, 0.15) is 89.9 Å². The van der Waals surface area contributed by atoms with Crippen LogP contribution in [0.4, 0.5) is 11.8 Å². The zero-order valence-corrected chi connectivity index (χ0v) is 21.0. The lowest BCUT2D eigenvalue weighted by Crippen LogP contribution is -2.35. The Kier molecular flexibility index (Phi) is 6.93. The van der Waals surface area contributed by atoms with E-state index in [0.717, 1.165) is 71.3 Å². The Balaban J connectivity index is 1.16. The van der Waals surface area contributed by atoms with E-state index in [1.807, 2.05) is 0 Å². The smallest absolute Gasteiger partial charge is 0.225 e. The van der Waals surface area contributed by atoms with Crippen LogP contribution in [0.25, 0.3) is 10.9 Å². The first-order valence-electron chi connectivity index (χ1n) is 14.6. The first-order valence-corrected chi connectivity index (χ1v) is 14.6. The third kappa shape index (κ3) is 4.79. The van der Waals surface area contributed by atoms with Crippen molar-refractivity contribution in [1.82, 2.24) is 9.97 Å². The zero-order valence-electron chi connectivity index (χ0n) is 21.0. The fourth-order valence-corrected chi connectivity index (χ4v) is 8.39. The number of nitrogens with zero attached hydrogens (tertiary/aromatic N) is 2. The topological polar surface area (TPSA) is 49.8 Å². The molecule has 0 saturated heterocycles. The maximum atomic E-state index is 5.04. The van der Waals surface area contributed by atoms with Crippen molar-refractivity contribution in [1.29, 1.82) is 0 Å². The summed E-state index contributed by atoms with van der Waals surface area (Å²) in [5.74, 6) is 7.24. The number of anilines is 2. The minimum atomic E-state index is 0.788. The van der Waals surface area contributed by atoms with Gasteiger partial charge in [0.1, 0.15) is 5.82 Å². The third-order valence-electron chi connectivity index (χ3n) is 10.1. The molecule has 0 bridgehead atoms. The summed E-state index contributed by atoms with van der Waals surface area (Å²) in [7, 11) is 0. The van der Waals surface area contributed by atoms with E-state index in [1.165, 1.54) is 89.9 Å². The highest BCUT2D eigenvalue weighted by atomic mass is 15.1. The second-order valence-electron chi connectivity index (χ2n) is 12.0. The molecular weight excluding hydrogens is 416 g/mol. The SMILES string of the molecule is c1ccc2c(NCC3CCCC4CCCCC43)nc(NCC3CCCC4CCCCC43)nc2c1. The summed E-state index contributed by atoms with van der Waals surface area (Å²) in [6.45, 7) is 2.10. The maximum Gasteiger partial charge on any atom is 0.225 e. The van der Waals surface area contributed by atoms with Crippen LogP contribution in [0.2, 0.25) is 0 Å². The number of rotatable bonds is 6. The van der Waals surface area contributed by atoms with Crippen molar-refractivity contribution in [3.05, 3.63) is 24.3 Å². The molecule has 0 spiro atoms. The molecule has 0 radical (unpaired) electrons. The second-order valence-corrected chi connectivity index (χ2v) is 12.0. The van der Waals surface area contributed by atoms with Gasteiger partial charge in [-0.2, -0.15) is 4.98 Å². The van der Waals surface area contributed by atoms with Gasteiger partial charge in [0.05, 0.1) is 5.52 Å². The van der Waals surface area contributed by atoms with Crippen LogP contribution in [-0.2, 0) is 0 Å². The quantitative estimate of drug-likeness (QED) is 0.464. The van der Waals surface area contributed by atoms with Gasteiger partial charge in [0.2, 0.25) is 5.95 Å². The summed E-state index contributed by atoms with van der Waals surface area (Å²) >= 11 is 0. The Bertz CT molecular complexity index is 954. The zero-order chi connectivity index (χ0) is 22.7. The van der Waals surface area contributed by atoms with Crippen LogP contribution >= 0.6 is 0 Å². The molecule has 0 amide bonds. The molecule has 0 aliphatic heterocycles. The molecule has 34 heavy (non-hydrogen) atoms. The Morgan fingerprint density at radius 1 is 0.618 bits per heavy atom. The minimum absolute atomic E-state index is 0.788. The number of aromatic nitrogens is 2. The number of hydrogen-bond acceptors (Lipinski definition) is 4. The lowest BCUT2D eigenvalue weighted by Gasteiger charge is -2.41. The van der Waals surface area contributed by atoms with Crippen LogP contribution in [0.15, 0.2) is 24.3 Å². The molecule has 4 saturated carbocycles. The average Bonchev–Trinajstić information content (AvgIpc) is 2.90. The summed E-state index contributed by atoms with van der Waals surface area (Å²) < 4.78 is 0. The Morgan fingerprint density at radius 2 is 1.21 bits per heavy atom. The largest absolute Gasteiger partial charge is 0.369 e. The molecule has 184 valence electrons. The highest BCUT2D eigenvalue weighted by Gasteiger charge is 2.35. The fourth-order valence-electron chi connectivity index (χ4n) is 8.39. The molecule has 1 aromatic carbocycles. The van der Waals surface area contributed by atoms with E-state index in [2.05, 4.69) is 34.9 Å². The van der Waals surface area contributed by atoms with Gasteiger partial charge in [-0.15, -0.1) is 0 Å². The van der Waals surface area contributed by atoms with Gasteiger partial charge in [-0.3, -0.25) is 0 Å². The molecule has 4 heteroatoms. The number of benzene rings is 1. The lowest BCUT2D eigenvalue weighted by atomic mass is 9.65. The van der Waals surface area contributed by atoms with Crippen molar-refractivity contribution in [3.63, 3.8) is 0 Å². The monoisotopic (exact) mass is 460 g/mol. The van der Waals surface area contributed by atoms with E-state index in [4.69, 9.17) is 9.97 Å². The van der Waals surface area contributed by atoms with Crippen molar-refractivity contribution >= 4 is 22.7 Å². The van der Waals surface area contributed by atoms with Gasteiger partial charge in [0.25, 0.3) is 0 Å². The summed E-state index contributed by atoms with van der Waals surface area (Å²) in [6.07, 6.45) is 20.1. The van der Waals surface area contributed by atoms with E-state index < -0.39 is 0 Å². The Hall–Kier alpha value is -1.84. The van der Waals surface area contributed by atoms with Crippen molar-refractivity contribution in [2.24, 2.45) is 35.5 Å². The molecule has 4 nitrogen and oxygen atoms in total. The minimum Gasteiger partial charge on any atom is -0.369 e. The van der Waals surface area contributed by atoms with Gasteiger partial charge in [0, 0.05) is 18.5 Å². The van der Waals surface area contributed by atoms with Gasteiger partial charge >= 0.3 is 0 Å². The standard InChI is InChI=1S/C30H44N4/c1-3-15-25-21(9-1)11-7-13-23(25)19-31-29-27-17-5-6-18-28(27)33-30(34-29)32-20-24-14-8-12-22-10-2-4-16-26(22)24/h5-6,17-18,21-26H,1-4,7-16,19-20H2,(H2,31,32,33,34). The average molecular weight is 461 g/mol. The maximum absolute atomic E-state index is 5.04. The molecule has 2 N–H and O–H groups in total. The van der Waals surface area contributed by atoms with Gasteiger partial charge in [-0.05, 0) is 73.3 Å². The van der Waals surface area contributed by atoms with E-state index in [1.54, 1.807) is 0 Å². The molecule has 6 unspecified atom stereocenters. The fraction of sp³-hybridized carbons (Fsp3) is 0.733. The van der Waals surface area contributed by atoms with Gasteiger partial charge in [-0.1, -0.05) is 76.3 Å². The predicted molar refractivity (Wildman–Crippen MR) is 142 cm³/mol. The van der Waals surface area contributed by atoms with Crippen molar-refractivity contribution in [2.45, 2.75) is 89.9 Å². The summed E-state index contributed by atoms with van der Waals surface area (Å²) in [4.78, 5) is 9.97. The van der Waals surface area contributed by atoms with Crippen LogP contribution < -0.4 is 10.6 Å². The van der Waals surface area contributed by atoms with E-state index in [0.29, 0.717) is 0 Å². The van der Waals surface area contributed by atoms with Crippen molar-refractivity contribution in [2.75, 3.05) is 23.7 Å². The molecular formula is C30H44N4. The lowest BCUT2D eigenvalue weighted by molar-refractivity contribution is 0.111. The number of fused-ring (bicyclic) bond motifs is 3. The second kappa shape index (κ2) is 10.4. The van der Waals surface area contributed by atoms with Gasteiger partial charge in [-0.25, -0.2) is 4.98 Å². The Morgan fingerprint density at radius 3 is 1.91 bits per heavy atom. The summed E-state index contributed by atoms with van der Waals surface area (Å²) in [5.41, 5.74) is 1.06. The van der Waals surface area contributed by atoms with Gasteiger partial charge < -0.3 is 10.6 Å². The summed E-state index contributed by atoms with van der Waals surface area (Å²) in [6, 6.07) is 8.54. The van der Waals surface area contributed by atoms with Crippen LogP contribution in [0.5, 0.6) is 0 Å². The number of para-hydroxylation sites is 1. The van der Waals surface area contributed by atoms with E-state index in [9.17, 15) is 0 Å². The van der Waals surface area contributed by atoms with Crippen molar-refractivity contribution < 1.29 is 0 Å². The first kappa shape index (κ1) is 22.6. The molecule has 6 rings (SSSR count). The Labute approximate surface area is 206 Å².